The van der Waals surface area contributed by atoms with E-state index >= 15 is 0 Å². The van der Waals surface area contributed by atoms with Gasteiger partial charge >= 0.3 is 5.97 Å². The van der Waals surface area contributed by atoms with Crippen LogP contribution in [0.5, 0.6) is 11.5 Å². The van der Waals surface area contributed by atoms with E-state index in [0.29, 0.717) is 24.7 Å². The Kier molecular flexibility index (Phi) is 5.73. The molecule has 134 valence electrons. The third kappa shape index (κ3) is 3.96. The molecule has 0 radical (unpaired) electrons. The molecule has 2 aromatic rings. The molecule has 0 N–H and O–H groups in total. The molecule has 0 bridgehead atoms. The number of cyclic esters (lactones) is 1. The van der Waals surface area contributed by atoms with Crippen molar-refractivity contribution in [3.63, 3.8) is 0 Å². The first-order valence-corrected chi connectivity index (χ1v) is 9.08. The number of ether oxygens (including phenoxy) is 3. The van der Waals surface area contributed by atoms with Gasteiger partial charge in [0.15, 0.2) is 17.2 Å². The number of hydrogen-bond acceptors (Lipinski definition) is 5. The highest BCUT2D eigenvalue weighted by atomic mass is 79.9. The molecule has 0 aromatic heterocycles. The van der Waals surface area contributed by atoms with E-state index in [9.17, 15) is 4.79 Å². The van der Waals surface area contributed by atoms with Crippen molar-refractivity contribution in [3.05, 3.63) is 63.8 Å². The van der Waals surface area contributed by atoms with Crippen LogP contribution in [-0.2, 0) is 9.53 Å². The Morgan fingerprint density at radius 2 is 1.81 bits per heavy atom. The van der Waals surface area contributed by atoms with Crippen LogP contribution in [0.3, 0.4) is 0 Å². The number of rotatable bonds is 6. The lowest BCUT2D eigenvalue weighted by Gasteiger charge is -2.11. The first kappa shape index (κ1) is 18.2. The quantitative estimate of drug-likeness (QED) is 0.511. The van der Waals surface area contributed by atoms with E-state index in [0.717, 1.165) is 15.6 Å². The standard InChI is InChI=1S/C20H18BrNO4/c1-3-24-17-10-9-13(12-18(17)25-4-2)11-16-20(23)26-19(22-16)14-7-5-6-8-15(14)21/h5-12H,3-4H2,1-2H3. The van der Waals surface area contributed by atoms with Gasteiger partial charge < -0.3 is 14.2 Å². The number of benzene rings is 2. The summed E-state index contributed by atoms with van der Waals surface area (Å²) in [5, 5.41) is 0. The van der Waals surface area contributed by atoms with Crippen LogP contribution in [0.2, 0.25) is 0 Å². The largest absolute Gasteiger partial charge is 0.490 e. The van der Waals surface area contributed by atoms with Crippen molar-refractivity contribution in [3.8, 4) is 11.5 Å². The summed E-state index contributed by atoms with van der Waals surface area (Å²) in [6.07, 6.45) is 1.67. The van der Waals surface area contributed by atoms with E-state index in [1.165, 1.54) is 0 Å². The molecule has 6 heteroatoms. The highest BCUT2D eigenvalue weighted by Crippen LogP contribution is 2.30. The Hall–Kier alpha value is -2.60. The maximum absolute atomic E-state index is 12.2. The number of esters is 1. The number of halogens is 1. The molecule has 5 nitrogen and oxygen atoms in total. The van der Waals surface area contributed by atoms with Gasteiger partial charge in [-0.1, -0.05) is 18.2 Å². The summed E-state index contributed by atoms with van der Waals surface area (Å²) in [5.74, 6) is 1.10. The number of aliphatic imine (C=N–C) groups is 1. The Morgan fingerprint density at radius 3 is 2.54 bits per heavy atom. The van der Waals surface area contributed by atoms with Gasteiger partial charge in [0.1, 0.15) is 0 Å². The molecule has 0 amide bonds. The van der Waals surface area contributed by atoms with E-state index in [2.05, 4.69) is 20.9 Å². The Balaban J connectivity index is 1.93. The van der Waals surface area contributed by atoms with Crippen molar-refractivity contribution in [1.82, 2.24) is 0 Å². The van der Waals surface area contributed by atoms with E-state index in [-0.39, 0.29) is 11.6 Å². The van der Waals surface area contributed by atoms with Gasteiger partial charge in [-0.15, -0.1) is 0 Å². The molecule has 0 atom stereocenters. The maximum atomic E-state index is 12.2. The van der Waals surface area contributed by atoms with E-state index in [4.69, 9.17) is 14.2 Å². The van der Waals surface area contributed by atoms with Crippen molar-refractivity contribution in [2.45, 2.75) is 13.8 Å². The topological polar surface area (TPSA) is 57.1 Å². The number of hydrogen-bond donors (Lipinski definition) is 0. The van der Waals surface area contributed by atoms with Crippen molar-refractivity contribution < 1.29 is 19.0 Å². The normalized spacial score (nSPS) is 15.0. The Labute approximate surface area is 160 Å². The summed E-state index contributed by atoms with van der Waals surface area (Å²) in [7, 11) is 0. The van der Waals surface area contributed by atoms with Crippen LogP contribution in [0.4, 0.5) is 0 Å². The van der Waals surface area contributed by atoms with Crippen LogP contribution in [0.25, 0.3) is 6.08 Å². The fraction of sp³-hybridized carbons (Fsp3) is 0.200. The van der Waals surface area contributed by atoms with Gasteiger partial charge in [-0.25, -0.2) is 9.79 Å². The van der Waals surface area contributed by atoms with Crippen molar-refractivity contribution in [2.75, 3.05) is 13.2 Å². The summed E-state index contributed by atoms with van der Waals surface area (Å²) in [6.45, 7) is 4.89. The zero-order valence-electron chi connectivity index (χ0n) is 14.5. The van der Waals surface area contributed by atoms with Crippen LogP contribution in [0.15, 0.2) is 57.6 Å². The average molecular weight is 416 g/mol. The van der Waals surface area contributed by atoms with Gasteiger partial charge in [-0.3, -0.25) is 0 Å². The summed E-state index contributed by atoms with van der Waals surface area (Å²) in [5.41, 5.74) is 1.74. The molecule has 0 fully saturated rings. The van der Waals surface area contributed by atoms with Crippen LogP contribution in [-0.4, -0.2) is 25.1 Å². The van der Waals surface area contributed by atoms with Gasteiger partial charge in [0.05, 0.1) is 18.8 Å². The Bertz CT molecular complexity index is 889. The number of carbonyl (C=O) groups is 1. The van der Waals surface area contributed by atoms with Gasteiger partial charge in [-0.2, -0.15) is 0 Å². The molecular weight excluding hydrogens is 398 g/mol. The average Bonchev–Trinajstić information content (AvgIpc) is 2.98. The maximum Gasteiger partial charge on any atom is 0.363 e. The summed E-state index contributed by atoms with van der Waals surface area (Å²) >= 11 is 3.44. The van der Waals surface area contributed by atoms with Crippen LogP contribution in [0.1, 0.15) is 25.0 Å². The van der Waals surface area contributed by atoms with Gasteiger partial charge in [0.25, 0.3) is 0 Å². The van der Waals surface area contributed by atoms with Gasteiger partial charge in [0, 0.05) is 4.47 Å². The van der Waals surface area contributed by atoms with Crippen LogP contribution < -0.4 is 9.47 Å². The van der Waals surface area contributed by atoms with E-state index in [1.54, 1.807) is 6.08 Å². The highest BCUT2D eigenvalue weighted by Gasteiger charge is 2.25. The predicted octanol–water partition coefficient (Wildman–Crippen LogP) is 4.59. The summed E-state index contributed by atoms with van der Waals surface area (Å²) in [6, 6.07) is 12.9. The van der Waals surface area contributed by atoms with Crippen molar-refractivity contribution >= 4 is 33.9 Å². The minimum Gasteiger partial charge on any atom is -0.490 e. The molecule has 1 heterocycles. The second-order valence-electron chi connectivity index (χ2n) is 5.39. The zero-order chi connectivity index (χ0) is 18.5. The molecule has 0 unspecified atom stereocenters. The molecule has 3 rings (SSSR count). The third-order valence-electron chi connectivity index (χ3n) is 3.60. The molecule has 1 aliphatic rings. The molecular formula is C20H18BrNO4. The van der Waals surface area contributed by atoms with Crippen molar-refractivity contribution in [1.29, 1.82) is 0 Å². The smallest absolute Gasteiger partial charge is 0.363 e. The van der Waals surface area contributed by atoms with Gasteiger partial charge in [-0.05, 0) is 65.7 Å². The molecule has 0 saturated heterocycles. The molecule has 0 saturated carbocycles. The summed E-state index contributed by atoms with van der Waals surface area (Å²) < 4.78 is 17.3. The second kappa shape index (κ2) is 8.19. The van der Waals surface area contributed by atoms with Crippen LogP contribution >= 0.6 is 15.9 Å². The lowest BCUT2D eigenvalue weighted by molar-refractivity contribution is -0.129. The lowest BCUT2D eigenvalue weighted by atomic mass is 10.1. The molecule has 0 aliphatic carbocycles. The minimum absolute atomic E-state index is 0.238. The molecule has 26 heavy (non-hydrogen) atoms. The monoisotopic (exact) mass is 415 g/mol. The number of nitrogens with zero attached hydrogens (tertiary/aromatic N) is 1. The fourth-order valence-corrected chi connectivity index (χ4v) is 2.93. The van der Waals surface area contributed by atoms with Crippen molar-refractivity contribution in [2.24, 2.45) is 4.99 Å². The van der Waals surface area contributed by atoms with E-state index in [1.807, 2.05) is 56.3 Å². The highest BCUT2D eigenvalue weighted by molar-refractivity contribution is 9.10. The first-order chi connectivity index (χ1) is 12.6. The molecule has 2 aromatic carbocycles. The molecule has 0 spiro atoms. The SMILES string of the molecule is CCOc1ccc(C=C2N=C(c3ccccc3Br)OC2=O)cc1OCC. The minimum atomic E-state index is -0.484. The fourth-order valence-electron chi connectivity index (χ4n) is 2.47. The van der Waals surface area contributed by atoms with Gasteiger partial charge in [0.2, 0.25) is 5.90 Å². The second-order valence-corrected chi connectivity index (χ2v) is 6.24. The zero-order valence-corrected chi connectivity index (χ0v) is 16.1. The first-order valence-electron chi connectivity index (χ1n) is 8.29. The summed E-state index contributed by atoms with van der Waals surface area (Å²) in [4.78, 5) is 16.5. The van der Waals surface area contributed by atoms with Crippen LogP contribution in [0, 0.1) is 0 Å². The predicted molar refractivity (Wildman–Crippen MR) is 104 cm³/mol. The third-order valence-corrected chi connectivity index (χ3v) is 4.29. The Morgan fingerprint density at radius 1 is 1.08 bits per heavy atom. The molecule has 1 aliphatic heterocycles. The number of carbonyl (C=O) groups excluding carboxylic acids is 1. The lowest BCUT2D eigenvalue weighted by Crippen LogP contribution is -2.05. The van der Waals surface area contributed by atoms with E-state index < -0.39 is 5.97 Å².